The first-order valence-corrected chi connectivity index (χ1v) is 8.60. The lowest BCUT2D eigenvalue weighted by Crippen LogP contribution is -2.07. The van der Waals surface area contributed by atoms with Gasteiger partial charge in [0.25, 0.3) is 0 Å². The number of fused-ring (bicyclic) bond motifs is 1. The Morgan fingerprint density at radius 3 is 2.76 bits per heavy atom. The van der Waals surface area contributed by atoms with Crippen molar-refractivity contribution >= 4 is 22.6 Å². The molecule has 0 aliphatic carbocycles. The zero-order valence-corrected chi connectivity index (χ0v) is 14.7. The van der Waals surface area contributed by atoms with Gasteiger partial charge in [-0.05, 0) is 36.1 Å². The molecule has 0 atom stereocenters. The van der Waals surface area contributed by atoms with Crippen LogP contribution in [0, 0.1) is 0 Å². The van der Waals surface area contributed by atoms with E-state index in [1.54, 1.807) is 6.20 Å². The Kier molecular flexibility index (Phi) is 4.98. The summed E-state index contributed by atoms with van der Waals surface area (Å²) in [5, 5.41) is 3.79. The van der Waals surface area contributed by atoms with Crippen LogP contribution in [-0.2, 0) is 18.3 Å². The molecule has 1 aromatic carbocycles. The number of aromatic nitrogens is 2. The van der Waals surface area contributed by atoms with Crippen molar-refractivity contribution < 1.29 is 4.79 Å². The fourth-order valence-corrected chi connectivity index (χ4v) is 2.98. The van der Waals surface area contributed by atoms with E-state index in [-0.39, 0.29) is 5.91 Å². The molecular weight excluding hydrogens is 310 g/mol. The minimum atomic E-state index is -0.237. The van der Waals surface area contributed by atoms with E-state index in [0.29, 0.717) is 5.69 Å². The first-order chi connectivity index (χ1) is 12.1. The number of rotatable bonds is 6. The molecule has 4 heteroatoms. The van der Waals surface area contributed by atoms with Crippen LogP contribution >= 0.6 is 0 Å². The number of carbonyl (C=O) groups excluding carboxylic acids is 1. The maximum atomic E-state index is 11.5. The van der Waals surface area contributed by atoms with Gasteiger partial charge in [0.2, 0.25) is 5.91 Å². The van der Waals surface area contributed by atoms with Crippen molar-refractivity contribution in [3.05, 3.63) is 60.9 Å². The minimum absolute atomic E-state index is 0.237. The van der Waals surface area contributed by atoms with E-state index in [1.165, 1.54) is 24.5 Å². The van der Waals surface area contributed by atoms with Gasteiger partial charge in [0.05, 0.1) is 11.9 Å². The van der Waals surface area contributed by atoms with E-state index in [0.717, 1.165) is 28.6 Å². The molecule has 2 aromatic heterocycles. The largest absolute Gasteiger partial charge is 0.335 e. The number of amides is 1. The number of nitrogens with one attached hydrogen (secondary N) is 1. The van der Waals surface area contributed by atoms with Gasteiger partial charge in [-0.2, -0.15) is 0 Å². The number of aryl methyl sites for hydroxylation is 2. The highest BCUT2D eigenvalue weighted by Gasteiger charge is 2.11. The van der Waals surface area contributed by atoms with Gasteiger partial charge in [-0.25, -0.2) is 4.98 Å². The second-order valence-corrected chi connectivity index (χ2v) is 6.24. The molecule has 0 fully saturated rings. The molecule has 1 amide bonds. The summed E-state index contributed by atoms with van der Waals surface area (Å²) in [6.45, 7) is 5.69. The van der Waals surface area contributed by atoms with Crippen LogP contribution < -0.4 is 5.32 Å². The van der Waals surface area contributed by atoms with Gasteiger partial charge in [-0.1, -0.05) is 44.2 Å². The van der Waals surface area contributed by atoms with Gasteiger partial charge in [0, 0.05) is 24.2 Å². The third kappa shape index (κ3) is 3.63. The average Bonchev–Trinajstić information content (AvgIpc) is 2.96. The van der Waals surface area contributed by atoms with E-state index < -0.39 is 0 Å². The van der Waals surface area contributed by atoms with Crippen molar-refractivity contribution in [3.8, 4) is 11.1 Å². The van der Waals surface area contributed by atoms with Crippen molar-refractivity contribution in [2.75, 3.05) is 5.32 Å². The predicted octanol–water partition coefficient (Wildman–Crippen LogP) is 4.71. The van der Waals surface area contributed by atoms with Crippen molar-refractivity contribution in [3.63, 3.8) is 0 Å². The molecule has 0 saturated heterocycles. The van der Waals surface area contributed by atoms with Gasteiger partial charge in [-0.3, -0.25) is 4.79 Å². The topological polar surface area (TPSA) is 46.9 Å². The smallest absolute Gasteiger partial charge is 0.247 e. The molecule has 128 valence electrons. The molecule has 3 aromatic rings. The maximum absolute atomic E-state index is 11.5. The molecular formula is C21H23N3O. The molecule has 0 saturated carbocycles. The zero-order valence-electron chi connectivity index (χ0n) is 14.7. The van der Waals surface area contributed by atoms with Gasteiger partial charge in [0.1, 0.15) is 5.65 Å². The van der Waals surface area contributed by atoms with Gasteiger partial charge >= 0.3 is 0 Å². The Balaban J connectivity index is 1.98. The Morgan fingerprint density at radius 1 is 1.32 bits per heavy atom. The monoisotopic (exact) mass is 333 g/mol. The number of hydrogen-bond acceptors (Lipinski definition) is 2. The van der Waals surface area contributed by atoms with Crippen LogP contribution in [0.2, 0.25) is 0 Å². The van der Waals surface area contributed by atoms with Crippen LogP contribution in [0.5, 0.6) is 0 Å². The van der Waals surface area contributed by atoms with Crippen molar-refractivity contribution in [1.29, 1.82) is 0 Å². The van der Waals surface area contributed by atoms with Crippen LogP contribution in [0.1, 0.15) is 25.3 Å². The first kappa shape index (κ1) is 17.0. The minimum Gasteiger partial charge on any atom is -0.335 e. The summed E-state index contributed by atoms with van der Waals surface area (Å²) in [4.78, 5) is 16.0. The third-order valence-corrected chi connectivity index (χ3v) is 4.35. The van der Waals surface area contributed by atoms with Crippen molar-refractivity contribution in [2.24, 2.45) is 7.05 Å². The normalized spacial score (nSPS) is 10.8. The number of anilines is 1. The van der Waals surface area contributed by atoms with Gasteiger partial charge < -0.3 is 9.88 Å². The highest BCUT2D eigenvalue weighted by Crippen LogP contribution is 2.31. The molecule has 3 rings (SSSR count). The maximum Gasteiger partial charge on any atom is 0.247 e. The van der Waals surface area contributed by atoms with Crippen LogP contribution in [0.25, 0.3) is 22.2 Å². The van der Waals surface area contributed by atoms with Crippen LogP contribution in [0.4, 0.5) is 5.69 Å². The average molecular weight is 333 g/mol. The number of benzene rings is 1. The van der Waals surface area contributed by atoms with Crippen LogP contribution in [0.15, 0.2) is 55.4 Å². The fourth-order valence-electron chi connectivity index (χ4n) is 2.98. The highest BCUT2D eigenvalue weighted by molar-refractivity contribution is 6.01. The summed E-state index contributed by atoms with van der Waals surface area (Å²) >= 11 is 0. The first-order valence-electron chi connectivity index (χ1n) is 8.60. The van der Waals surface area contributed by atoms with Crippen molar-refractivity contribution in [1.82, 2.24) is 9.55 Å². The summed E-state index contributed by atoms with van der Waals surface area (Å²) in [5.41, 5.74) is 5.19. The molecule has 25 heavy (non-hydrogen) atoms. The van der Waals surface area contributed by atoms with Gasteiger partial charge in [-0.15, -0.1) is 0 Å². The van der Waals surface area contributed by atoms with E-state index in [2.05, 4.69) is 54.3 Å². The molecule has 0 unspecified atom stereocenters. The molecule has 0 aliphatic rings. The summed E-state index contributed by atoms with van der Waals surface area (Å²) in [6, 6.07) is 10.7. The van der Waals surface area contributed by atoms with Crippen molar-refractivity contribution in [2.45, 2.75) is 26.2 Å². The molecule has 0 aliphatic heterocycles. The van der Waals surface area contributed by atoms with E-state index in [9.17, 15) is 4.79 Å². The predicted molar refractivity (Wildman–Crippen MR) is 104 cm³/mol. The molecule has 0 spiro atoms. The Labute approximate surface area is 148 Å². The number of hydrogen-bond donors (Lipinski definition) is 1. The lowest BCUT2D eigenvalue weighted by molar-refractivity contribution is -0.111. The van der Waals surface area contributed by atoms with Gasteiger partial charge in [0.15, 0.2) is 0 Å². The molecule has 2 heterocycles. The third-order valence-electron chi connectivity index (χ3n) is 4.35. The van der Waals surface area contributed by atoms with Crippen LogP contribution in [-0.4, -0.2) is 15.5 Å². The number of unbranched alkanes of at least 4 members (excludes halogenated alkanes) is 1. The Hall–Kier alpha value is -2.88. The molecule has 1 N–H and O–H groups in total. The second kappa shape index (κ2) is 7.34. The van der Waals surface area contributed by atoms with E-state index in [4.69, 9.17) is 0 Å². The number of carbonyl (C=O) groups is 1. The SMILES string of the molecule is C=CC(=O)Nc1cnc2c(c1)c(-c1ccc(CCCC)cc1)cn2C. The number of pyridine rings is 1. The van der Waals surface area contributed by atoms with Crippen LogP contribution in [0.3, 0.4) is 0 Å². The Morgan fingerprint density at radius 2 is 2.08 bits per heavy atom. The lowest BCUT2D eigenvalue weighted by Gasteiger charge is -2.05. The highest BCUT2D eigenvalue weighted by atomic mass is 16.1. The fraction of sp³-hybridized carbons (Fsp3) is 0.238. The summed E-state index contributed by atoms with van der Waals surface area (Å²) < 4.78 is 2.01. The van der Waals surface area contributed by atoms with E-state index >= 15 is 0 Å². The second-order valence-electron chi connectivity index (χ2n) is 6.24. The summed E-state index contributed by atoms with van der Waals surface area (Å²) in [5.74, 6) is -0.237. The standard InChI is InChI=1S/C21H23N3O/c1-4-6-7-15-8-10-16(11-9-15)19-14-24(3)21-18(19)12-17(13-22-21)23-20(25)5-2/h5,8-14H,2,4,6-7H2,1,3H3,(H,23,25). The number of nitrogens with zero attached hydrogens (tertiary/aromatic N) is 2. The Bertz CT molecular complexity index is 907. The summed E-state index contributed by atoms with van der Waals surface area (Å²) in [7, 11) is 1.98. The lowest BCUT2D eigenvalue weighted by atomic mass is 10.0. The quantitative estimate of drug-likeness (QED) is 0.664. The molecule has 0 radical (unpaired) electrons. The summed E-state index contributed by atoms with van der Waals surface area (Å²) in [6.07, 6.45) is 8.54. The molecule has 4 nitrogen and oxygen atoms in total. The van der Waals surface area contributed by atoms with E-state index in [1.807, 2.05) is 17.7 Å². The zero-order chi connectivity index (χ0) is 17.8. The molecule has 0 bridgehead atoms.